The molecule has 5 aliphatic rings. The molecule has 7 heterocycles. The zero-order valence-electron chi connectivity index (χ0n) is 35.1. The Morgan fingerprint density at radius 3 is 2.47 bits per heavy atom. The number of hydrogen-bond acceptors (Lipinski definition) is 11. The topological polar surface area (TPSA) is 152 Å². The zero-order valence-corrected chi connectivity index (χ0v) is 35.9. The van der Waals surface area contributed by atoms with Crippen LogP contribution in [0.15, 0.2) is 41.3 Å². The molecule has 2 atom stereocenters. The number of likely N-dealkylation sites (tertiary alicyclic amines) is 1. The SMILES string of the molecule is Cc1cc2c(C3CCC(=O)NC3=O)nn(C)c2cc1C1CCN(CC2CCN(c3ncc(Cl)c(Nc4ccc5c(c4)c4c(c(=O)n5C)OCC(F)(F)[C@H](C5CC5)N4)n3)CC2)CC1. The zero-order chi connectivity index (χ0) is 43.0. The van der Waals surface area contributed by atoms with Crippen LogP contribution in [0.1, 0.15) is 80.0 Å². The first-order chi connectivity index (χ1) is 29.8. The van der Waals surface area contributed by atoms with Gasteiger partial charge in [0.1, 0.15) is 5.02 Å². The second kappa shape index (κ2) is 15.8. The van der Waals surface area contributed by atoms with E-state index in [-0.39, 0.29) is 29.2 Å². The molecule has 0 bridgehead atoms. The second-order valence-electron chi connectivity index (χ2n) is 18.0. The molecule has 0 radical (unpaired) electrons. The molecule has 3 aromatic heterocycles. The fraction of sp³-hybridized carbons (Fsp3) is 0.511. The smallest absolute Gasteiger partial charge is 0.301 e. The molecule has 1 unspecified atom stereocenters. The summed E-state index contributed by atoms with van der Waals surface area (Å²) in [6, 6.07) is 8.74. The van der Waals surface area contributed by atoms with Crippen molar-refractivity contribution in [2.45, 2.75) is 82.1 Å². The number of alkyl halides is 2. The van der Waals surface area contributed by atoms with Crippen molar-refractivity contribution in [3.05, 3.63) is 68.7 Å². The van der Waals surface area contributed by atoms with Gasteiger partial charge in [-0.25, -0.2) is 13.8 Å². The number of halogens is 3. The number of carbonyl (C=O) groups is 2. The summed E-state index contributed by atoms with van der Waals surface area (Å²) in [5, 5.41) is 15.5. The van der Waals surface area contributed by atoms with E-state index in [1.165, 1.54) is 15.7 Å². The lowest BCUT2D eigenvalue weighted by atomic mass is 9.84. The van der Waals surface area contributed by atoms with E-state index >= 15 is 8.78 Å². The molecule has 1 saturated carbocycles. The van der Waals surface area contributed by atoms with Crippen molar-refractivity contribution >= 4 is 68.4 Å². The van der Waals surface area contributed by atoms with E-state index < -0.39 is 30.0 Å². The number of hydrogen-bond donors (Lipinski definition) is 3. The van der Waals surface area contributed by atoms with E-state index in [0.29, 0.717) is 70.9 Å². The third kappa shape index (κ3) is 7.52. The van der Waals surface area contributed by atoms with Crippen LogP contribution >= 0.6 is 11.6 Å². The van der Waals surface area contributed by atoms with Crippen molar-refractivity contribution in [1.82, 2.24) is 34.5 Å². The normalized spacial score (nSPS) is 22.6. The van der Waals surface area contributed by atoms with Crippen LogP contribution in [0.25, 0.3) is 21.8 Å². The maximum atomic E-state index is 15.2. The molecule has 62 heavy (non-hydrogen) atoms. The van der Waals surface area contributed by atoms with Crippen LogP contribution < -0.4 is 31.1 Å². The third-order valence-corrected chi connectivity index (χ3v) is 14.2. The number of aryl methyl sites for hydroxylation is 3. The van der Waals surface area contributed by atoms with Gasteiger partial charge in [-0.05, 0) is 124 Å². The van der Waals surface area contributed by atoms with Gasteiger partial charge in [0.15, 0.2) is 12.4 Å². The number of pyridine rings is 1. The summed E-state index contributed by atoms with van der Waals surface area (Å²) in [4.78, 5) is 51.9. The van der Waals surface area contributed by atoms with Gasteiger partial charge in [-0.3, -0.25) is 24.4 Å². The highest BCUT2D eigenvalue weighted by Gasteiger charge is 2.51. The highest BCUT2D eigenvalue weighted by Crippen LogP contribution is 2.46. The standard InChI is InChI=1S/C45H51ClF2N10O4/c1-24-18-31-35(56(3)54-37(31)29-7-9-36(59)51-42(29)60)20-30(24)26-12-14-57(15-13-26)22-25-10-16-58(17-11-25)44-49-21-33(46)41(53-44)50-28-6-8-34-32(19-28)38-39(43(61)55(34)2)62-23-45(47,48)40(52-38)27-4-5-27/h6,8,18-21,25-27,29,40,52H,4-5,7,9-17,22-23H2,1-3H3,(H,49,50,53)(H,51,59,60)/t29?,40-/m0/s1. The number of anilines is 4. The van der Waals surface area contributed by atoms with E-state index in [9.17, 15) is 14.4 Å². The maximum absolute atomic E-state index is 15.2. The number of imide groups is 1. The second-order valence-corrected chi connectivity index (χ2v) is 18.5. The van der Waals surface area contributed by atoms with Gasteiger partial charge in [-0.15, -0.1) is 0 Å². The lowest BCUT2D eigenvalue weighted by molar-refractivity contribution is -0.134. The molecule has 14 nitrogen and oxygen atoms in total. The minimum Gasteiger partial charge on any atom is -0.480 e. The van der Waals surface area contributed by atoms with Gasteiger partial charge in [0, 0.05) is 56.6 Å². The molecule has 2 amide bonds. The molecular weight excluding hydrogens is 818 g/mol. The van der Waals surface area contributed by atoms with Crippen molar-refractivity contribution in [1.29, 1.82) is 0 Å². The van der Waals surface area contributed by atoms with Gasteiger partial charge < -0.3 is 29.7 Å². The van der Waals surface area contributed by atoms with E-state index in [0.717, 1.165) is 75.0 Å². The Morgan fingerprint density at radius 1 is 0.952 bits per heavy atom. The monoisotopic (exact) mass is 868 g/mol. The molecule has 326 valence electrons. The number of rotatable bonds is 8. The van der Waals surface area contributed by atoms with Crippen LogP contribution in [0.4, 0.5) is 31.9 Å². The van der Waals surface area contributed by atoms with Crippen LogP contribution in [-0.2, 0) is 23.7 Å². The van der Waals surface area contributed by atoms with Crippen LogP contribution in [-0.4, -0.2) is 92.3 Å². The molecule has 5 aromatic rings. The van der Waals surface area contributed by atoms with Crippen molar-refractivity contribution < 1.29 is 23.1 Å². The number of aromatic nitrogens is 5. The molecule has 4 aliphatic heterocycles. The van der Waals surface area contributed by atoms with Gasteiger partial charge in [0.2, 0.25) is 23.5 Å². The summed E-state index contributed by atoms with van der Waals surface area (Å²) < 4.78 is 39.2. The first kappa shape index (κ1) is 40.7. The number of fused-ring (bicyclic) bond motifs is 4. The fourth-order valence-corrected chi connectivity index (χ4v) is 10.4. The predicted molar refractivity (Wildman–Crippen MR) is 234 cm³/mol. The van der Waals surface area contributed by atoms with Crippen LogP contribution in [0.2, 0.25) is 5.02 Å². The van der Waals surface area contributed by atoms with Crippen LogP contribution in [0.5, 0.6) is 5.75 Å². The van der Waals surface area contributed by atoms with Gasteiger partial charge in [-0.1, -0.05) is 11.6 Å². The van der Waals surface area contributed by atoms with E-state index in [1.54, 1.807) is 19.3 Å². The average molecular weight is 869 g/mol. The third-order valence-electron chi connectivity index (χ3n) is 13.9. The summed E-state index contributed by atoms with van der Waals surface area (Å²) in [6.45, 7) is 6.07. The molecule has 2 aromatic carbocycles. The Balaban J connectivity index is 0.770. The molecule has 17 heteroatoms. The summed E-state index contributed by atoms with van der Waals surface area (Å²) in [7, 11) is 3.54. The number of nitrogens with one attached hydrogen (secondary N) is 3. The first-order valence-corrected chi connectivity index (χ1v) is 22.2. The van der Waals surface area contributed by atoms with E-state index in [4.69, 9.17) is 26.4 Å². The number of carbonyl (C=O) groups excluding carboxylic acids is 2. The Kier molecular flexibility index (Phi) is 10.4. The van der Waals surface area contributed by atoms with Crippen LogP contribution in [0, 0.1) is 18.8 Å². The lowest BCUT2D eigenvalue weighted by Gasteiger charge is -2.38. The van der Waals surface area contributed by atoms with Crippen molar-refractivity contribution in [2.24, 2.45) is 25.9 Å². The molecule has 10 rings (SSSR count). The Hall–Kier alpha value is -5.35. The van der Waals surface area contributed by atoms with Crippen molar-refractivity contribution in [2.75, 3.05) is 54.9 Å². The minimum absolute atomic E-state index is 0.103. The summed E-state index contributed by atoms with van der Waals surface area (Å²) >= 11 is 6.64. The van der Waals surface area contributed by atoms with Gasteiger partial charge in [0.05, 0.1) is 40.6 Å². The van der Waals surface area contributed by atoms with E-state index in [2.05, 4.69) is 49.8 Å². The predicted octanol–water partition coefficient (Wildman–Crippen LogP) is 6.76. The van der Waals surface area contributed by atoms with Crippen LogP contribution in [0.3, 0.4) is 0 Å². The first-order valence-electron chi connectivity index (χ1n) is 21.8. The highest BCUT2D eigenvalue weighted by atomic mass is 35.5. The number of ether oxygens (including phenoxy) is 1. The molecule has 1 aliphatic carbocycles. The van der Waals surface area contributed by atoms with Gasteiger partial charge >= 0.3 is 5.92 Å². The van der Waals surface area contributed by atoms with Gasteiger partial charge in [-0.2, -0.15) is 10.1 Å². The molecule has 0 spiro atoms. The maximum Gasteiger partial charge on any atom is 0.301 e. The molecule has 3 N–H and O–H groups in total. The Morgan fingerprint density at radius 2 is 1.73 bits per heavy atom. The number of amides is 2. The molecular formula is C45H51ClF2N10O4. The fourth-order valence-electron chi connectivity index (χ4n) is 10.2. The summed E-state index contributed by atoms with van der Waals surface area (Å²) in [6.07, 6.45) is 8.01. The Bertz CT molecular complexity index is 2670. The Labute approximate surface area is 362 Å². The lowest BCUT2D eigenvalue weighted by Crippen LogP contribution is -2.44. The highest BCUT2D eigenvalue weighted by molar-refractivity contribution is 6.33. The largest absolute Gasteiger partial charge is 0.480 e. The van der Waals surface area contributed by atoms with E-state index in [1.807, 2.05) is 23.9 Å². The van der Waals surface area contributed by atoms with Crippen molar-refractivity contribution in [3.63, 3.8) is 0 Å². The molecule has 3 saturated heterocycles. The average Bonchev–Trinajstić information content (AvgIpc) is 4.06. The van der Waals surface area contributed by atoms with Crippen molar-refractivity contribution in [3.8, 4) is 5.75 Å². The number of benzene rings is 2. The summed E-state index contributed by atoms with van der Waals surface area (Å²) in [5.74, 6) is -2.28. The summed E-state index contributed by atoms with van der Waals surface area (Å²) in [5.41, 5.74) is 5.36. The number of nitrogens with zero attached hydrogens (tertiary/aromatic N) is 7. The molecule has 4 fully saturated rings. The van der Waals surface area contributed by atoms with Gasteiger partial charge in [0.25, 0.3) is 5.56 Å². The minimum atomic E-state index is -3.13. The number of piperidine rings is 3. The quantitative estimate of drug-likeness (QED) is 0.142.